The molecule has 3 rings (SSSR count). The summed E-state index contributed by atoms with van der Waals surface area (Å²) in [6.07, 6.45) is -0.617. The summed E-state index contributed by atoms with van der Waals surface area (Å²) < 4.78 is 34.5. The number of hydrogen-bond donors (Lipinski definition) is 4. The minimum atomic E-state index is -1.43. The minimum Gasteiger partial charge on any atom is -0.443 e. The van der Waals surface area contributed by atoms with E-state index in [4.69, 9.17) is 10.5 Å². The Balaban J connectivity index is 1.95. The van der Waals surface area contributed by atoms with Gasteiger partial charge in [-0.25, -0.2) is 18.6 Å². The molecule has 174 valence electrons. The van der Waals surface area contributed by atoms with Crippen molar-refractivity contribution in [3.63, 3.8) is 0 Å². The molecule has 1 aromatic carbocycles. The normalized spacial score (nSPS) is 11.2. The molecule has 0 unspecified atom stereocenters. The first-order valence-corrected chi connectivity index (χ1v) is 10.5. The third-order valence-electron chi connectivity index (χ3n) is 4.60. The van der Waals surface area contributed by atoms with Gasteiger partial charge in [-0.05, 0) is 49.7 Å². The molecular weight excluding hydrogens is 454 g/mol. The molecule has 3 aromatic rings. The van der Waals surface area contributed by atoms with Crippen LogP contribution in [-0.4, -0.2) is 29.1 Å². The molecular formula is C22H22F2N4O4S. The average Bonchev–Trinajstić information content (AvgIpc) is 3.14. The lowest BCUT2D eigenvalue weighted by molar-refractivity contribution is 0.0778. The molecule has 11 heteroatoms. The van der Waals surface area contributed by atoms with Gasteiger partial charge in [0.25, 0.3) is 5.91 Å². The average molecular weight is 477 g/mol. The fourth-order valence-electron chi connectivity index (χ4n) is 2.91. The molecule has 2 heterocycles. The molecule has 0 bridgehead atoms. The van der Waals surface area contributed by atoms with Crippen LogP contribution >= 0.6 is 11.3 Å². The molecule has 0 atom stereocenters. The lowest BCUT2D eigenvalue weighted by atomic mass is 9.96. The van der Waals surface area contributed by atoms with E-state index in [0.717, 1.165) is 23.5 Å². The number of carbonyl (C=O) groups excluding carboxylic acids is 2. The minimum absolute atomic E-state index is 0.0224. The highest BCUT2D eigenvalue weighted by Gasteiger charge is 2.24. The molecule has 0 fully saturated rings. The van der Waals surface area contributed by atoms with Crippen LogP contribution in [0.25, 0.3) is 10.4 Å². The molecule has 0 saturated carbocycles. The van der Waals surface area contributed by atoms with Gasteiger partial charge in [-0.15, -0.1) is 11.3 Å². The van der Waals surface area contributed by atoms with Crippen molar-refractivity contribution in [3.05, 3.63) is 64.9 Å². The number of benzene rings is 1. The van der Waals surface area contributed by atoms with Crippen LogP contribution in [0.4, 0.5) is 24.4 Å². The number of amides is 2. The highest BCUT2D eigenvalue weighted by molar-refractivity contribution is 7.20. The summed E-state index contributed by atoms with van der Waals surface area (Å²) in [5.74, 6) is -2.26. The molecule has 2 aromatic heterocycles. The van der Waals surface area contributed by atoms with E-state index in [1.807, 2.05) is 0 Å². The number of anilines is 2. The van der Waals surface area contributed by atoms with Gasteiger partial charge >= 0.3 is 6.09 Å². The summed E-state index contributed by atoms with van der Waals surface area (Å²) in [6.45, 7) is 2.75. The Morgan fingerprint density at radius 2 is 1.88 bits per heavy atom. The third kappa shape index (κ3) is 5.62. The zero-order valence-electron chi connectivity index (χ0n) is 18.0. The Morgan fingerprint density at radius 3 is 2.45 bits per heavy atom. The first-order chi connectivity index (χ1) is 15.5. The van der Waals surface area contributed by atoms with Crippen LogP contribution in [0.2, 0.25) is 0 Å². The molecule has 0 spiro atoms. The number of nitrogens with zero attached hydrogens (tertiary/aromatic N) is 1. The maximum absolute atomic E-state index is 14.8. The second kappa shape index (κ2) is 9.51. The molecule has 8 nitrogen and oxygen atoms in total. The monoisotopic (exact) mass is 476 g/mol. The van der Waals surface area contributed by atoms with Crippen molar-refractivity contribution in [2.75, 3.05) is 12.4 Å². The lowest BCUT2D eigenvalue weighted by Gasteiger charge is -2.18. The summed E-state index contributed by atoms with van der Waals surface area (Å²) in [4.78, 5) is 27.6. The number of rotatable bonds is 7. The van der Waals surface area contributed by atoms with Crippen molar-refractivity contribution < 1.29 is 28.2 Å². The topological polar surface area (TPSA) is 127 Å². The molecule has 33 heavy (non-hydrogen) atoms. The van der Waals surface area contributed by atoms with E-state index in [1.165, 1.54) is 27.0 Å². The zero-order valence-corrected chi connectivity index (χ0v) is 18.8. The van der Waals surface area contributed by atoms with Gasteiger partial charge in [0.15, 0.2) is 0 Å². The number of hydrogen-bond acceptors (Lipinski definition) is 7. The predicted octanol–water partition coefficient (Wildman–Crippen LogP) is 4.01. The number of primary amides is 1. The van der Waals surface area contributed by atoms with Crippen LogP contribution < -0.4 is 16.4 Å². The SMILES string of the molecule is CNC(=O)OCc1cccc(Nc2sc(-c3c(F)cc(C(C)(C)O)cc3F)cc2C(N)=O)n1. The van der Waals surface area contributed by atoms with Gasteiger partial charge < -0.3 is 26.2 Å². The van der Waals surface area contributed by atoms with Crippen LogP contribution in [0.5, 0.6) is 0 Å². The van der Waals surface area contributed by atoms with Crippen molar-refractivity contribution in [2.45, 2.75) is 26.1 Å². The van der Waals surface area contributed by atoms with E-state index in [0.29, 0.717) is 11.5 Å². The second-order valence-corrected chi connectivity index (χ2v) is 8.61. The number of pyridine rings is 1. The van der Waals surface area contributed by atoms with Gasteiger partial charge in [-0.1, -0.05) is 6.07 Å². The maximum Gasteiger partial charge on any atom is 0.407 e. The summed E-state index contributed by atoms with van der Waals surface area (Å²) in [5.41, 5.74) is 4.22. The van der Waals surface area contributed by atoms with E-state index in [1.54, 1.807) is 18.2 Å². The van der Waals surface area contributed by atoms with E-state index in [2.05, 4.69) is 15.6 Å². The van der Waals surface area contributed by atoms with Gasteiger partial charge in [0.05, 0.1) is 22.4 Å². The molecule has 2 amide bonds. The first kappa shape index (κ1) is 24.1. The van der Waals surface area contributed by atoms with Crippen LogP contribution in [0.15, 0.2) is 36.4 Å². The number of thiophene rings is 1. The highest BCUT2D eigenvalue weighted by atomic mass is 32.1. The Morgan fingerprint density at radius 1 is 1.21 bits per heavy atom. The van der Waals surface area contributed by atoms with Gasteiger partial charge in [-0.3, -0.25) is 4.79 Å². The summed E-state index contributed by atoms with van der Waals surface area (Å²) >= 11 is 0.915. The number of halogens is 2. The number of alkyl carbamates (subject to hydrolysis) is 1. The largest absolute Gasteiger partial charge is 0.443 e. The number of nitrogens with one attached hydrogen (secondary N) is 2. The van der Waals surface area contributed by atoms with Crippen molar-refractivity contribution in [2.24, 2.45) is 5.73 Å². The van der Waals surface area contributed by atoms with Gasteiger partial charge in [0.2, 0.25) is 0 Å². The number of aromatic nitrogens is 1. The molecule has 0 saturated heterocycles. The standard InChI is InChI=1S/C22H22F2N4O4S/c1-22(2,31)11-7-14(23)18(15(24)8-11)16-9-13(19(25)29)20(33-16)28-17-6-4-5-12(27-17)10-32-21(30)26-3/h4-9,31H,10H2,1-3H3,(H2,25,29)(H,26,30)(H,27,28). The van der Waals surface area contributed by atoms with Gasteiger partial charge in [-0.2, -0.15) is 0 Å². The molecule has 0 aliphatic carbocycles. The van der Waals surface area contributed by atoms with Gasteiger partial charge in [0.1, 0.15) is 29.1 Å². The van der Waals surface area contributed by atoms with Crippen LogP contribution in [-0.2, 0) is 16.9 Å². The van der Waals surface area contributed by atoms with Crippen molar-refractivity contribution in [1.29, 1.82) is 0 Å². The van der Waals surface area contributed by atoms with Crippen molar-refractivity contribution >= 4 is 34.2 Å². The third-order valence-corrected chi connectivity index (χ3v) is 5.66. The molecule has 0 radical (unpaired) electrons. The number of aliphatic hydroxyl groups is 1. The van der Waals surface area contributed by atoms with Crippen molar-refractivity contribution in [1.82, 2.24) is 10.3 Å². The fraction of sp³-hybridized carbons (Fsp3) is 0.227. The second-order valence-electron chi connectivity index (χ2n) is 7.56. The molecule has 0 aliphatic rings. The van der Waals surface area contributed by atoms with E-state index in [-0.39, 0.29) is 33.2 Å². The number of carbonyl (C=O) groups is 2. The predicted molar refractivity (Wildman–Crippen MR) is 120 cm³/mol. The van der Waals surface area contributed by atoms with E-state index >= 15 is 0 Å². The smallest absolute Gasteiger partial charge is 0.407 e. The van der Waals surface area contributed by atoms with Crippen molar-refractivity contribution in [3.8, 4) is 10.4 Å². The first-order valence-electron chi connectivity index (χ1n) is 9.73. The Bertz CT molecular complexity index is 1180. The Hall–Kier alpha value is -3.57. The van der Waals surface area contributed by atoms with E-state index < -0.39 is 29.2 Å². The molecule has 5 N–H and O–H groups in total. The summed E-state index contributed by atoms with van der Waals surface area (Å²) in [7, 11) is 1.43. The van der Waals surface area contributed by atoms with E-state index in [9.17, 15) is 23.5 Å². The Kier molecular flexibility index (Phi) is 6.94. The summed E-state index contributed by atoms with van der Waals surface area (Å²) in [6, 6.07) is 8.29. The molecule has 0 aliphatic heterocycles. The quantitative estimate of drug-likeness (QED) is 0.408. The van der Waals surface area contributed by atoms with Gasteiger partial charge in [0, 0.05) is 11.9 Å². The zero-order chi connectivity index (χ0) is 24.3. The highest BCUT2D eigenvalue weighted by Crippen LogP contribution is 2.40. The van der Waals surface area contributed by atoms with Crippen LogP contribution in [0.1, 0.15) is 35.5 Å². The number of ether oxygens (including phenoxy) is 1. The summed E-state index contributed by atoms with van der Waals surface area (Å²) in [5, 5.41) is 15.5. The maximum atomic E-state index is 14.8. The number of nitrogens with two attached hydrogens (primary N) is 1. The fourth-order valence-corrected chi connectivity index (χ4v) is 4.03. The van der Waals surface area contributed by atoms with Crippen LogP contribution in [0.3, 0.4) is 0 Å². The lowest BCUT2D eigenvalue weighted by Crippen LogP contribution is -2.19. The Labute approximate surface area is 192 Å². The van der Waals surface area contributed by atoms with Crippen LogP contribution in [0, 0.1) is 11.6 Å².